The van der Waals surface area contributed by atoms with Gasteiger partial charge in [-0.05, 0) is 19.8 Å². The van der Waals surface area contributed by atoms with Gasteiger partial charge in [0.25, 0.3) is 0 Å². The van der Waals surface area contributed by atoms with Gasteiger partial charge in [-0.15, -0.1) is 11.6 Å². The predicted octanol–water partition coefficient (Wildman–Crippen LogP) is 0.799. The van der Waals surface area contributed by atoms with Crippen LogP contribution in [0.2, 0.25) is 0 Å². The third-order valence-corrected chi connectivity index (χ3v) is 4.46. The number of hydrogen-bond acceptors (Lipinski definition) is 3. The first kappa shape index (κ1) is 14.7. The van der Waals surface area contributed by atoms with E-state index in [9.17, 15) is 13.2 Å². The lowest BCUT2D eigenvalue weighted by molar-refractivity contribution is -0.121. The molecule has 3 atom stereocenters. The van der Waals surface area contributed by atoms with Crippen LogP contribution < -0.4 is 5.32 Å². The van der Waals surface area contributed by atoms with Crippen LogP contribution in [-0.4, -0.2) is 37.8 Å². The smallest absolute Gasteiger partial charge is 0.238 e. The number of halogens is 1. The van der Waals surface area contributed by atoms with E-state index in [0.29, 0.717) is 5.88 Å². The van der Waals surface area contributed by atoms with Gasteiger partial charge in [-0.1, -0.05) is 6.92 Å². The lowest BCUT2D eigenvalue weighted by Crippen LogP contribution is -2.44. The highest BCUT2D eigenvalue weighted by molar-refractivity contribution is 7.92. The van der Waals surface area contributed by atoms with Gasteiger partial charge in [-0.2, -0.15) is 0 Å². The van der Waals surface area contributed by atoms with Crippen LogP contribution in [0.1, 0.15) is 20.8 Å². The first-order valence-corrected chi connectivity index (χ1v) is 7.24. The van der Waals surface area contributed by atoms with Gasteiger partial charge in [0.05, 0.1) is 0 Å². The Kier molecular flexibility index (Phi) is 5.59. The van der Waals surface area contributed by atoms with Crippen molar-refractivity contribution in [3.8, 4) is 0 Å². The fourth-order valence-corrected chi connectivity index (χ4v) is 1.54. The lowest BCUT2D eigenvalue weighted by atomic mass is 10.1. The summed E-state index contributed by atoms with van der Waals surface area (Å²) < 4.78 is 22.2. The second-order valence-electron chi connectivity index (χ2n) is 3.90. The zero-order chi connectivity index (χ0) is 12.2. The van der Waals surface area contributed by atoms with E-state index in [1.54, 1.807) is 6.92 Å². The maximum absolute atomic E-state index is 11.5. The molecule has 0 heterocycles. The molecule has 0 aliphatic carbocycles. The van der Waals surface area contributed by atoms with Crippen LogP contribution >= 0.6 is 11.6 Å². The summed E-state index contributed by atoms with van der Waals surface area (Å²) in [6.07, 6.45) is 1.05. The van der Waals surface area contributed by atoms with Gasteiger partial charge in [0, 0.05) is 18.2 Å². The number of hydrogen-bond donors (Lipinski definition) is 1. The van der Waals surface area contributed by atoms with Crippen molar-refractivity contribution in [1.29, 1.82) is 0 Å². The SMILES string of the molecule is CC(CCl)C(C)NC(=O)C(C)S(C)(=O)=O. The zero-order valence-corrected chi connectivity index (χ0v) is 11.0. The molecule has 1 N–H and O–H groups in total. The summed E-state index contributed by atoms with van der Waals surface area (Å²) >= 11 is 5.63. The van der Waals surface area contributed by atoms with Crippen LogP contribution in [0.4, 0.5) is 0 Å². The van der Waals surface area contributed by atoms with E-state index in [0.717, 1.165) is 6.26 Å². The Morgan fingerprint density at radius 2 is 1.80 bits per heavy atom. The lowest BCUT2D eigenvalue weighted by Gasteiger charge is -2.20. The van der Waals surface area contributed by atoms with Crippen molar-refractivity contribution >= 4 is 27.3 Å². The minimum Gasteiger partial charge on any atom is -0.352 e. The molecule has 3 unspecified atom stereocenters. The minimum absolute atomic E-state index is 0.113. The molecule has 0 radical (unpaired) electrons. The molecular formula is C9H18ClNO3S. The molecule has 0 aromatic carbocycles. The fourth-order valence-electron chi connectivity index (χ4n) is 0.812. The van der Waals surface area contributed by atoms with Gasteiger partial charge in [-0.3, -0.25) is 4.79 Å². The summed E-state index contributed by atoms with van der Waals surface area (Å²) in [6.45, 7) is 5.08. The first-order chi connectivity index (χ1) is 6.70. The van der Waals surface area contributed by atoms with E-state index >= 15 is 0 Å². The van der Waals surface area contributed by atoms with E-state index in [-0.39, 0.29) is 12.0 Å². The summed E-state index contributed by atoms with van der Waals surface area (Å²) in [7, 11) is -3.33. The summed E-state index contributed by atoms with van der Waals surface area (Å²) in [5.74, 6) is 0.0682. The Labute approximate surface area is 96.3 Å². The van der Waals surface area contributed by atoms with Gasteiger partial charge >= 0.3 is 0 Å². The molecule has 0 spiro atoms. The molecule has 6 heteroatoms. The van der Waals surface area contributed by atoms with E-state index < -0.39 is 21.0 Å². The van der Waals surface area contributed by atoms with E-state index in [1.165, 1.54) is 6.92 Å². The Morgan fingerprint density at radius 3 is 2.13 bits per heavy atom. The van der Waals surface area contributed by atoms with Gasteiger partial charge in [-0.25, -0.2) is 8.42 Å². The van der Waals surface area contributed by atoms with Crippen molar-refractivity contribution in [3.05, 3.63) is 0 Å². The van der Waals surface area contributed by atoms with E-state index in [2.05, 4.69) is 5.32 Å². The monoisotopic (exact) mass is 255 g/mol. The van der Waals surface area contributed by atoms with Gasteiger partial charge in [0.1, 0.15) is 5.25 Å². The number of alkyl halides is 1. The Balaban J connectivity index is 4.39. The number of carbonyl (C=O) groups is 1. The van der Waals surface area contributed by atoms with E-state index in [4.69, 9.17) is 11.6 Å². The largest absolute Gasteiger partial charge is 0.352 e. The molecule has 0 fully saturated rings. The molecule has 0 saturated carbocycles. The van der Waals surface area contributed by atoms with Crippen LogP contribution in [0.3, 0.4) is 0 Å². The van der Waals surface area contributed by atoms with Crippen LogP contribution in [0.25, 0.3) is 0 Å². The number of rotatable bonds is 5. The topological polar surface area (TPSA) is 63.2 Å². The summed E-state index contributed by atoms with van der Waals surface area (Å²) in [4.78, 5) is 11.5. The van der Waals surface area contributed by atoms with Crippen molar-refractivity contribution in [3.63, 3.8) is 0 Å². The standard InChI is InChI=1S/C9H18ClNO3S/c1-6(5-10)7(2)11-9(12)8(3)15(4,13)14/h6-8H,5H2,1-4H3,(H,11,12). The summed E-state index contributed by atoms with van der Waals surface area (Å²) in [6, 6.07) is -0.126. The number of amides is 1. The van der Waals surface area contributed by atoms with Crippen LogP contribution in [0.5, 0.6) is 0 Å². The van der Waals surface area contributed by atoms with Gasteiger partial charge in [0.2, 0.25) is 5.91 Å². The number of sulfone groups is 1. The summed E-state index contributed by atoms with van der Waals surface area (Å²) in [5, 5.41) is 1.62. The van der Waals surface area contributed by atoms with Crippen molar-refractivity contribution in [2.45, 2.75) is 32.1 Å². The highest BCUT2D eigenvalue weighted by atomic mass is 35.5. The molecule has 0 aliphatic heterocycles. The normalized spacial score (nSPS) is 17.9. The number of carbonyl (C=O) groups excluding carboxylic acids is 1. The third-order valence-electron chi connectivity index (χ3n) is 2.48. The minimum atomic E-state index is -3.33. The molecule has 15 heavy (non-hydrogen) atoms. The number of nitrogens with one attached hydrogen (secondary N) is 1. The first-order valence-electron chi connectivity index (χ1n) is 4.75. The average Bonchev–Trinajstić information content (AvgIpc) is 2.13. The molecular weight excluding hydrogens is 238 g/mol. The fraction of sp³-hybridized carbons (Fsp3) is 0.889. The molecule has 0 aromatic heterocycles. The van der Waals surface area contributed by atoms with E-state index in [1.807, 2.05) is 6.92 Å². The maximum Gasteiger partial charge on any atom is 0.238 e. The van der Waals surface area contributed by atoms with Crippen LogP contribution in [-0.2, 0) is 14.6 Å². The molecule has 0 aromatic rings. The Bertz CT molecular complexity index is 315. The molecule has 1 amide bonds. The highest BCUT2D eigenvalue weighted by Crippen LogP contribution is 2.06. The average molecular weight is 256 g/mol. The van der Waals surface area contributed by atoms with Crippen molar-refractivity contribution in [2.24, 2.45) is 5.92 Å². The van der Waals surface area contributed by atoms with Crippen LogP contribution in [0, 0.1) is 5.92 Å². The molecule has 0 aliphatic rings. The predicted molar refractivity (Wildman–Crippen MR) is 61.8 cm³/mol. The third kappa shape index (κ3) is 4.84. The quantitative estimate of drug-likeness (QED) is 0.739. The Morgan fingerprint density at radius 1 is 1.33 bits per heavy atom. The van der Waals surface area contributed by atoms with Gasteiger partial charge < -0.3 is 5.32 Å². The van der Waals surface area contributed by atoms with Crippen molar-refractivity contribution in [1.82, 2.24) is 5.32 Å². The maximum atomic E-state index is 11.5. The molecule has 4 nitrogen and oxygen atoms in total. The second-order valence-corrected chi connectivity index (χ2v) is 6.58. The van der Waals surface area contributed by atoms with Gasteiger partial charge in [0.15, 0.2) is 9.84 Å². The van der Waals surface area contributed by atoms with Crippen LogP contribution in [0.15, 0.2) is 0 Å². The van der Waals surface area contributed by atoms with Crippen molar-refractivity contribution in [2.75, 3.05) is 12.1 Å². The molecule has 0 saturated heterocycles. The van der Waals surface area contributed by atoms with Crippen molar-refractivity contribution < 1.29 is 13.2 Å². The zero-order valence-electron chi connectivity index (χ0n) is 9.45. The molecule has 0 bridgehead atoms. The Hall–Kier alpha value is -0.290. The second kappa shape index (κ2) is 5.70. The summed E-state index contributed by atoms with van der Waals surface area (Å²) in [5.41, 5.74) is 0. The molecule has 90 valence electrons. The highest BCUT2D eigenvalue weighted by Gasteiger charge is 2.25. The molecule has 0 rings (SSSR count).